The summed E-state index contributed by atoms with van der Waals surface area (Å²) < 4.78 is 0. The predicted octanol–water partition coefficient (Wildman–Crippen LogP) is 4.40. The molecule has 0 saturated carbocycles. The van der Waals surface area contributed by atoms with Gasteiger partial charge in [-0.3, -0.25) is 14.4 Å². The highest BCUT2D eigenvalue weighted by Crippen LogP contribution is 2.23. The van der Waals surface area contributed by atoms with Crippen LogP contribution in [0.3, 0.4) is 0 Å². The fourth-order valence-corrected chi connectivity index (χ4v) is 3.87. The van der Waals surface area contributed by atoms with Crippen LogP contribution >= 0.6 is 34.5 Å². The molecule has 168 valence electrons. The molecule has 0 bridgehead atoms. The average molecular weight is 485 g/mol. The zero-order valence-corrected chi connectivity index (χ0v) is 20.2. The molecule has 1 heterocycles. The van der Waals surface area contributed by atoms with E-state index in [1.54, 1.807) is 11.4 Å². The summed E-state index contributed by atoms with van der Waals surface area (Å²) in [6, 6.07) is 4.47. The van der Waals surface area contributed by atoms with Gasteiger partial charge in [0.15, 0.2) is 5.13 Å². The summed E-state index contributed by atoms with van der Waals surface area (Å²) in [5.74, 6) is -0.876. The molecule has 10 heteroatoms. The Hall–Kier alpha value is -2.16. The molecular weight excluding hydrogens is 459 g/mol. The Bertz CT molecular complexity index is 948. The van der Waals surface area contributed by atoms with Gasteiger partial charge in [0, 0.05) is 22.5 Å². The summed E-state index contributed by atoms with van der Waals surface area (Å²) in [6.45, 7) is 7.38. The topological polar surface area (TPSA) is 91.4 Å². The molecule has 1 unspecified atom stereocenters. The van der Waals surface area contributed by atoms with Gasteiger partial charge in [-0.15, -0.1) is 11.3 Å². The van der Waals surface area contributed by atoms with Gasteiger partial charge >= 0.3 is 0 Å². The van der Waals surface area contributed by atoms with E-state index in [0.717, 1.165) is 6.42 Å². The van der Waals surface area contributed by atoms with Crippen LogP contribution in [-0.2, 0) is 16.0 Å². The zero-order chi connectivity index (χ0) is 23.1. The number of rotatable bonds is 9. The highest BCUT2D eigenvalue weighted by molar-refractivity contribution is 7.13. The van der Waals surface area contributed by atoms with Crippen molar-refractivity contribution >= 4 is 57.4 Å². The number of nitrogens with zero attached hydrogens (tertiary/aromatic N) is 2. The van der Waals surface area contributed by atoms with Crippen LogP contribution in [0.15, 0.2) is 23.6 Å². The van der Waals surface area contributed by atoms with Crippen molar-refractivity contribution in [2.75, 3.05) is 11.9 Å². The van der Waals surface area contributed by atoms with Crippen LogP contribution in [0.5, 0.6) is 0 Å². The molecule has 3 amide bonds. The van der Waals surface area contributed by atoms with Gasteiger partial charge in [-0.25, -0.2) is 4.98 Å². The maximum atomic E-state index is 12.9. The van der Waals surface area contributed by atoms with Gasteiger partial charge < -0.3 is 15.5 Å². The largest absolute Gasteiger partial charge is 0.353 e. The van der Waals surface area contributed by atoms with Crippen molar-refractivity contribution in [1.29, 1.82) is 0 Å². The van der Waals surface area contributed by atoms with Crippen molar-refractivity contribution < 1.29 is 14.4 Å². The zero-order valence-electron chi connectivity index (χ0n) is 17.9. The molecule has 2 rings (SSSR count). The smallest absolute Gasteiger partial charge is 0.256 e. The lowest BCUT2D eigenvalue weighted by Crippen LogP contribution is -2.42. The Labute approximate surface area is 196 Å². The van der Waals surface area contributed by atoms with Crippen molar-refractivity contribution in [2.45, 2.75) is 52.6 Å². The highest BCUT2D eigenvalue weighted by atomic mass is 35.5. The third-order valence-electron chi connectivity index (χ3n) is 4.52. The Morgan fingerprint density at radius 2 is 1.87 bits per heavy atom. The number of aromatic nitrogens is 1. The number of carbonyl (C=O) groups is 3. The molecule has 0 aliphatic heterocycles. The SMILES string of the molecule is CCC(C)NC(=O)Cc1csc(NC(=O)CN(C(=O)c2ccc(Cl)cc2Cl)C(C)C)n1. The molecular formula is C21H26Cl2N4O3S. The Morgan fingerprint density at radius 3 is 2.48 bits per heavy atom. The van der Waals surface area contributed by atoms with Gasteiger partial charge in [0.05, 0.1) is 22.7 Å². The summed E-state index contributed by atoms with van der Waals surface area (Å²) in [4.78, 5) is 43.2. The molecule has 0 radical (unpaired) electrons. The standard InChI is InChI=1S/C21H26Cl2N4O3S/c1-5-13(4)24-18(28)9-15-11-31-21(25-15)26-19(29)10-27(12(2)3)20(30)16-7-6-14(22)8-17(16)23/h6-8,11-13H,5,9-10H2,1-4H3,(H,24,28)(H,25,26,29). The summed E-state index contributed by atoms with van der Waals surface area (Å²) in [6.07, 6.45) is 0.985. The predicted molar refractivity (Wildman–Crippen MR) is 125 cm³/mol. The number of carbonyl (C=O) groups excluding carboxylic acids is 3. The monoisotopic (exact) mass is 484 g/mol. The quantitative estimate of drug-likeness (QED) is 0.551. The molecule has 1 aromatic carbocycles. The van der Waals surface area contributed by atoms with Crippen LogP contribution in [0.1, 0.15) is 50.2 Å². The van der Waals surface area contributed by atoms with Crippen LogP contribution in [-0.4, -0.2) is 46.2 Å². The van der Waals surface area contributed by atoms with Crippen LogP contribution in [0, 0.1) is 0 Å². The minimum absolute atomic E-state index is 0.0963. The van der Waals surface area contributed by atoms with Crippen molar-refractivity contribution in [3.63, 3.8) is 0 Å². The van der Waals surface area contributed by atoms with Crippen molar-refractivity contribution in [2.24, 2.45) is 0 Å². The van der Waals surface area contributed by atoms with Crippen LogP contribution in [0.4, 0.5) is 5.13 Å². The van der Waals surface area contributed by atoms with Crippen molar-refractivity contribution in [1.82, 2.24) is 15.2 Å². The number of anilines is 1. The maximum Gasteiger partial charge on any atom is 0.256 e. The first-order valence-electron chi connectivity index (χ1n) is 9.90. The van der Waals surface area contributed by atoms with E-state index in [4.69, 9.17) is 23.2 Å². The number of hydrogen-bond donors (Lipinski definition) is 2. The maximum absolute atomic E-state index is 12.9. The lowest BCUT2D eigenvalue weighted by Gasteiger charge is -2.26. The molecule has 2 N–H and O–H groups in total. The fraction of sp³-hybridized carbons (Fsp3) is 0.429. The van der Waals surface area contributed by atoms with Gasteiger partial charge in [-0.2, -0.15) is 0 Å². The minimum Gasteiger partial charge on any atom is -0.353 e. The molecule has 1 atom stereocenters. The van der Waals surface area contributed by atoms with E-state index in [-0.39, 0.29) is 47.4 Å². The summed E-state index contributed by atoms with van der Waals surface area (Å²) in [5.41, 5.74) is 0.849. The minimum atomic E-state index is -0.392. The second kappa shape index (κ2) is 11.5. The summed E-state index contributed by atoms with van der Waals surface area (Å²) in [5, 5.41) is 8.32. The van der Waals surface area contributed by atoms with E-state index in [9.17, 15) is 14.4 Å². The fourth-order valence-electron chi connectivity index (χ4n) is 2.66. The average Bonchev–Trinajstić information content (AvgIpc) is 3.11. The lowest BCUT2D eigenvalue weighted by atomic mass is 10.1. The summed E-state index contributed by atoms with van der Waals surface area (Å²) in [7, 11) is 0. The highest BCUT2D eigenvalue weighted by Gasteiger charge is 2.24. The van der Waals surface area contributed by atoms with E-state index in [1.165, 1.54) is 28.4 Å². The number of nitrogens with one attached hydrogen (secondary N) is 2. The lowest BCUT2D eigenvalue weighted by molar-refractivity contribution is -0.121. The second-order valence-electron chi connectivity index (χ2n) is 7.40. The van der Waals surface area contributed by atoms with Gasteiger partial charge in [-0.1, -0.05) is 30.1 Å². The normalized spacial score (nSPS) is 11.8. The first-order chi connectivity index (χ1) is 14.6. The van der Waals surface area contributed by atoms with Gasteiger partial charge in [0.25, 0.3) is 5.91 Å². The van der Waals surface area contributed by atoms with Crippen molar-refractivity contribution in [3.05, 3.63) is 44.9 Å². The first-order valence-corrected chi connectivity index (χ1v) is 11.5. The van der Waals surface area contributed by atoms with E-state index in [0.29, 0.717) is 15.8 Å². The van der Waals surface area contributed by atoms with Gasteiger partial charge in [0.2, 0.25) is 11.8 Å². The number of hydrogen-bond acceptors (Lipinski definition) is 5. The number of benzene rings is 1. The molecule has 0 aliphatic carbocycles. The Kier molecular flexibility index (Phi) is 9.28. The van der Waals surface area contributed by atoms with Crippen LogP contribution < -0.4 is 10.6 Å². The van der Waals surface area contributed by atoms with E-state index < -0.39 is 5.91 Å². The molecule has 0 spiro atoms. The van der Waals surface area contributed by atoms with Crippen LogP contribution in [0.25, 0.3) is 0 Å². The van der Waals surface area contributed by atoms with Crippen LogP contribution in [0.2, 0.25) is 10.0 Å². The van der Waals surface area contributed by atoms with E-state index in [2.05, 4.69) is 15.6 Å². The van der Waals surface area contributed by atoms with Crippen molar-refractivity contribution in [3.8, 4) is 0 Å². The number of thiazole rings is 1. The molecule has 2 aromatic rings. The molecule has 1 aromatic heterocycles. The van der Waals surface area contributed by atoms with Gasteiger partial charge in [-0.05, 0) is 45.4 Å². The second-order valence-corrected chi connectivity index (χ2v) is 9.10. The number of amides is 3. The van der Waals surface area contributed by atoms with E-state index >= 15 is 0 Å². The Balaban J connectivity index is 2.00. The number of halogens is 2. The van der Waals surface area contributed by atoms with Gasteiger partial charge in [0.1, 0.15) is 6.54 Å². The molecule has 31 heavy (non-hydrogen) atoms. The summed E-state index contributed by atoms with van der Waals surface area (Å²) >= 11 is 13.3. The molecule has 0 fully saturated rings. The third kappa shape index (κ3) is 7.48. The molecule has 7 nitrogen and oxygen atoms in total. The Morgan fingerprint density at radius 1 is 1.16 bits per heavy atom. The molecule has 0 saturated heterocycles. The molecule has 0 aliphatic rings. The third-order valence-corrected chi connectivity index (χ3v) is 5.87. The first kappa shape index (κ1) is 25.1. The van der Waals surface area contributed by atoms with E-state index in [1.807, 2.05) is 27.7 Å².